The summed E-state index contributed by atoms with van der Waals surface area (Å²) in [6.45, 7) is 4.93. The predicted octanol–water partition coefficient (Wildman–Crippen LogP) is 1.77. The van der Waals surface area contributed by atoms with Crippen LogP contribution in [0.1, 0.15) is 19.4 Å². The number of phenols is 1. The van der Waals surface area contributed by atoms with Gasteiger partial charge in [-0.2, -0.15) is 0 Å². The first-order chi connectivity index (χ1) is 8.04. The smallest absolute Gasteiger partial charge is 0.236 e. The number of hydrogen-bond donors (Lipinski definition) is 3. The minimum atomic E-state index is -0.234. The summed E-state index contributed by atoms with van der Waals surface area (Å²) < 4.78 is 0.655. The number of carbonyl (C=O) groups is 1. The lowest BCUT2D eigenvalue weighted by Crippen LogP contribution is -2.41. The Labute approximate surface area is 110 Å². The Morgan fingerprint density at radius 2 is 2.24 bits per heavy atom. The highest BCUT2D eigenvalue weighted by atomic mass is 79.9. The highest BCUT2D eigenvalue weighted by Crippen LogP contribution is 2.24. The lowest BCUT2D eigenvalue weighted by atomic mass is 10.2. The highest BCUT2D eigenvalue weighted by Gasteiger charge is 2.10. The lowest BCUT2D eigenvalue weighted by Gasteiger charge is -2.13. The van der Waals surface area contributed by atoms with Crippen LogP contribution in [0.15, 0.2) is 22.7 Å². The van der Waals surface area contributed by atoms with E-state index in [1.54, 1.807) is 6.07 Å². The molecule has 0 aliphatic rings. The van der Waals surface area contributed by atoms with E-state index in [1.807, 2.05) is 26.0 Å². The summed E-state index contributed by atoms with van der Waals surface area (Å²) in [6.07, 6.45) is 0. The maximum Gasteiger partial charge on any atom is 0.236 e. The average Bonchev–Trinajstić information content (AvgIpc) is 2.30. The van der Waals surface area contributed by atoms with Gasteiger partial charge in [0, 0.05) is 13.1 Å². The number of carbonyl (C=O) groups excluding carboxylic acids is 1. The normalized spacial score (nSPS) is 12.2. The van der Waals surface area contributed by atoms with Crippen LogP contribution in [0, 0.1) is 0 Å². The summed E-state index contributed by atoms with van der Waals surface area (Å²) in [7, 11) is 0. The van der Waals surface area contributed by atoms with Crippen LogP contribution in [-0.2, 0) is 11.3 Å². The summed E-state index contributed by atoms with van der Waals surface area (Å²) in [5, 5.41) is 15.2. The number of nitrogens with one attached hydrogen (secondary N) is 2. The Morgan fingerprint density at radius 1 is 1.53 bits per heavy atom. The molecule has 0 bridgehead atoms. The Balaban J connectivity index is 2.50. The summed E-state index contributed by atoms with van der Waals surface area (Å²) in [6, 6.07) is 5.03. The van der Waals surface area contributed by atoms with Crippen molar-refractivity contribution in [1.82, 2.24) is 10.6 Å². The Morgan fingerprint density at radius 3 is 2.82 bits per heavy atom. The van der Waals surface area contributed by atoms with E-state index in [0.29, 0.717) is 17.6 Å². The van der Waals surface area contributed by atoms with E-state index in [2.05, 4.69) is 26.6 Å². The monoisotopic (exact) mass is 300 g/mol. The Kier molecular flexibility index (Phi) is 5.44. The predicted molar refractivity (Wildman–Crippen MR) is 70.8 cm³/mol. The van der Waals surface area contributed by atoms with E-state index >= 15 is 0 Å². The zero-order chi connectivity index (χ0) is 12.8. The third kappa shape index (κ3) is 4.36. The van der Waals surface area contributed by atoms with Crippen molar-refractivity contribution < 1.29 is 9.90 Å². The van der Waals surface area contributed by atoms with Gasteiger partial charge in [-0.3, -0.25) is 4.79 Å². The summed E-state index contributed by atoms with van der Waals surface area (Å²) >= 11 is 3.25. The minimum absolute atomic E-state index is 0.00894. The Bertz CT molecular complexity index is 396. The molecule has 94 valence electrons. The molecule has 1 unspecified atom stereocenters. The number of phenolic OH excluding ortho intramolecular Hbond substituents is 1. The van der Waals surface area contributed by atoms with Gasteiger partial charge in [0.1, 0.15) is 5.75 Å². The number of benzene rings is 1. The van der Waals surface area contributed by atoms with Crippen molar-refractivity contribution >= 4 is 21.8 Å². The van der Waals surface area contributed by atoms with Crippen LogP contribution in [0.25, 0.3) is 0 Å². The van der Waals surface area contributed by atoms with Crippen LogP contribution in [0.2, 0.25) is 0 Å². The number of likely N-dealkylation sites (N-methyl/N-ethyl adjacent to an activating group) is 1. The fourth-order valence-electron chi connectivity index (χ4n) is 1.35. The molecule has 0 saturated carbocycles. The maximum atomic E-state index is 11.5. The third-order valence-corrected chi connectivity index (χ3v) is 3.00. The molecule has 1 rings (SSSR count). The molecule has 0 aliphatic heterocycles. The van der Waals surface area contributed by atoms with Crippen molar-refractivity contribution in [3.05, 3.63) is 28.2 Å². The van der Waals surface area contributed by atoms with Gasteiger partial charge in [-0.15, -0.1) is 0 Å². The molecule has 1 amide bonds. The molecular weight excluding hydrogens is 284 g/mol. The van der Waals surface area contributed by atoms with E-state index in [1.165, 1.54) is 0 Å². The van der Waals surface area contributed by atoms with Crippen LogP contribution in [0.4, 0.5) is 0 Å². The van der Waals surface area contributed by atoms with Crippen LogP contribution in [-0.4, -0.2) is 23.6 Å². The molecule has 1 atom stereocenters. The standard InChI is InChI=1S/C12H17BrN2O2/c1-3-14-12(17)8(2)15-7-9-4-5-11(16)10(13)6-9/h4-6,8,15-16H,3,7H2,1-2H3,(H,14,17). The molecule has 0 radical (unpaired) electrons. The topological polar surface area (TPSA) is 61.4 Å². The molecule has 1 aromatic rings. The number of aromatic hydroxyl groups is 1. The van der Waals surface area contributed by atoms with Crippen molar-refractivity contribution in [3.8, 4) is 5.75 Å². The van der Waals surface area contributed by atoms with Gasteiger partial charge in [0.25, 0.3) is 0 Å². The first-order valence-corrected chi connectivity index (χ1v) is 6.32. The zero-order valence-corrected chi connectivity index (χ0v) is 11.5. The maximum absolute atomic E-state index is 11.5. The second-order valence-electron chi connectivity index (χ2n) is 3.78. The van der Waals surface area contributed by atoms with Crippen molar-refractivity contribution in [2.45, 2.75) is 26.4 Å². The second-order valence-corrected chi connectivity index (χ2v) is 4.64. The molecule has 4 nitrogen and oxygen atoms in total. The number of halogens is 1. The van der Waals surface area contributed by atoms with Crippen molar-refractivity contribution in [2.75, 3.05) is 6.54 Å². The van der Waals surface area contributed by atoms with Crippen molar-refractivity contribution in [1.29, 1.82) is 0 Å². The van der Waals surface area contributed by atoms with Crippen LogP contribution >= 0.6 is 15.9 Å². The van der Waals surface area contributed by atoms with E-state index in [4.69, 9.17) is 0 Å². The van der Waals surface area contributed by atoms with Gasteiger partial charge in [0.05, 0.1) is 10.5 Å². The molecule has 0 fully saturated rings. The molecule has 5 heteroatoms. The summed E-state index contributed by atoms with van der Waals surface area (Å²) in [5.41, 5.74) is 1.01. The second kappa shape index (κ2) is 6.61. The lowest BCUT2D eigenvalue weighted by molar-refractivity contribution is -0.122. The summed E-state index contributed by atoms with van der Waals surface area (Å²) in [4.78, 5) is 11.5. The van der Waals surface area contributed by atoms with Crippen LogP contribution in [0.5, 0.6) is 5.75 Å². The number of hydrogen-bond acceptors (Lipinski definition) is 3. The van der Waals surface area contributed by atoms with Gasteiger partial charge in [-0.1, -0.05) is 6.07 Å². The van der Waals surface area contributed by atoms with E-state index in [9.17, 15) is 9.90 Å². The van der Waals surface area contributed by atoms with E-state index < -0.39 is 0 Å². The summed E-state index contributed by atoms with van der Waals surface area (Å²) in [5.74, 6) is 0.205. The SMILES string of the molecule is CCNC(=O)C(C)NCc1ccc(O)c(Br)c1. The van der Waals surface area contributed by atoms with Crippen molar-refractivity contribution in [2.24, 2.45) is 0 Å². The molecule has 3 N–H and O–H groups in total. The van der Waals surface area contributed by atoms with Gasteiger partial charge in [0.2, 0.25) is 5.91 Å². The fourth-order valence-corrected chi connectivity index (χ4v) is 1.78. The van der Waals surface area contributed by atoms with Gasteiger partial charge in [-0.25, -0.2) is 0 Å². The highest BCUT2D eigenvalue weighted by molar-refractivity contribution is 9.10. The van der Waals surface area contributed by atoms with Gasteiger partial charge in [-0.05, 0) is 47.5 Å². The van der Waals surface area contributed by atoms with E-state index in [0.717, 1.165) is 5.56 Å². The van der Waals surface area contributed by atoms with Crippen LogP contribution in [0.3, 0.4) is 0 Å². The first kappa shape index (κ1) is 14.0. The fraction of sp³-hybridized carbons (Fsp3) is 0.417. The van der Waals surface area contributed by atoms with Gasteiger partial charge >= 0.3 is 0 Å². The van der Waals surface area contributed by atoms with Crippen LogP contribution < -0.4 is 10.6 Å². The molecule has 0 saturated heterocycles. The quantitative estimate of drug-likeness (QED) is 0.777. The molecular formula is C12H17BrN2O2. The molecule has 17 heavy (non-hydrogen) atoms. The van der Waals surface area contributed by atoms with Gasteiger partial charge in [0.15, 0.2) is 0 Å². The zero-order valence-electron chi connectivity index (χ0n) is 9.96. The molecule has 0 aromatic heterocycles. The van der Waals surface area contributed by atoms with E-state index in [-0.39, 0.29) is 17.7 Å². The molecule has 0 heterocycles. The number of rotatable bonds is 5. The van der Waals surface area contributed by atoms with Crippen molar-refractivity contribution in [3.63, 3.8) is 0 Å². The number of amides is 1. The molecule has 0 aliphatic carbocycles. The Hall–Kier alpha value is -1.07. The largest absolute Gasteiger partial charge is 0.507 e. The minimum Gasteiger partial charge on any atom is -0.507 e. The molecule has 1 aromatic carbocycles. The first-order valence-electron chi connectivity index (χ1n) is 5.53. The molecule has 0 spiro atoms. The third-order valence-electron chi connectivity index (χ3n) is 2.37. The van der Waals surface area contributed by atoms with Gasteiger partial charge < -0.3 is 15.7 Å². The average molecular weight is 301 g/mol.